The van der Waals surface area contributed by atoms with Crippen LogP contribution in [0.25, 0.3) is 0 Å². The SMILES string of the molecule is C#CCCN(C)[C@H]1C[C@@H](C)O[C@@H](O[C@]2(O)CC[C@@H](C)C(=NC)[C@H](C)[C@@H](O)[C@](C)(O)[C@@H](CC)OC(=O)[C@H](C)[C@@H](O)[C@@H]2C)[C@@H]1O. The Morgan fingerprint density at radius 2 is 1.74 bits per heavy atom. The summed E-state index contributed by atoms with van der Waals surface area (Å²) in [6, 6.07) is -0.350. The number of nitrogens with zero attached hydrogens (tertiary/aromatic N) is 2. The summed E-state index contributed by atoms with van der Waals surface area (Å²) in [6.07, 6.45) is 0.526. The van der Waals surface area contributed by atoms with Crippen LogP contribution in [0.1, 0.15) is 80.6 Å². The van der Waals surface area contributed by atoms with Crippen molar-refractivity contribution >= 4 is 11.7 Å². The van der Waals surface area contributed by atoms with Crippen molar-refractivity contribution in [2.24, 2.45) is 28.7 Å². The van der Waals surface area contributed by atoms with E-state index in [1.807, 2.05) is 25.8 Å². The van der Waals surface area contributed by atoms with Gasteiger partial charge in [-0.2, -0.15) is 0 Å². The van der Waals surface area contributed by atoms with Crippen LogP contribution in [0.2, 0.25) is 0 Å². The average molecular weight is 613 g/mol. The van der Waals surface area contributed by atoms with Gasteiger partial charge >= 0.3 is 5.97 Å². The highest BCUT2D eigenvalue weighted by Gasteiger charge is 2.50. The monoisotopic (exact) mass is 612 g/mol. The highest BCUT2D eigenvalue weighted by Crippen LogP contribution is 2.38. The molecule has 0 aliphatic carbocycles. The molecule has 248 valence electrons. The highest BCUT2D eigenvalue weighted by atomic mass is 16.8. The van der Waals surface area contributed by atoms with Gasteiger partial charge in [0.25, 0.3) is 0 Å². The zero-order chi connectivity index (χ0) is 32.9. The van der Waals surface area contributed by atoms with Gasteiger partial charge in [0.1, 0.15) is 17.8 Å². The van der Waals surface area contributed by atoms with Gasteiger partial charge in [-0.15, -0.1) is 12.3 Å². The molecule has 0 aromatic rings. The number of rotatable bonds is 6. The summed E-state index contributed by atoms with van der Waals surface area (Å²) in [4.78, 5) is 19.6. The molecule has 0 amide bonds. The minimum absolute atomic E-state index is 0.0114. The quantitative estimate of drug-likeness (QED) is 0.170. The normalized spacial score (nSPS) is 44.9. The minimum atomic E-state index is -2.03. The Kier molecular flexibility index (Phi) is 13.6. The molecule has 0 aromatic carbocycles. The molecule has 11 nitrogen and oxygen atoms in total. The van der Waals surface area contributed by atoms with Gasteiger partial charge in [0.2, 0.25) is 0 Å². The lowest BCUT2D eigenvalue weighted by atomic mass is 9.77. The molecular formula is C32H56N2O9. The van der Waals surface area contributed by atoms with Crippen LogP contribution in [-0.2, 0) is 19.0 Å². The number of cyclic esters (lactones) is 1. The summed E-state index contributed by atoms with van der Waals surface area (Å²) in [6.45, 7) is 12.3. The standard InChI is InChI=1S/C32H56N2O9/c1-11-13-16-34(10)23-17-19(4)41-30(27(23)36)43-32(40)15-14-18(3)25(33-9)20(5)28(37)31(8,39)24(12-2)42-29(38)21(6)26(35)22(32)7/h1,18-24,26-28,30,35-37,39-40H,12-17H2,2-10H3/t18-,19-,20+,21-,22+,23+,24-,26-,27-,28-,30+,31-,32-/m1/s1. The van der Waals surface area contributed by atoms with E-state index in [0.717, 1.165) is 0 Å². The molecule has 0 unspecified atom stereocenters. The number of likely N-dealkylation sites (N-methyl/N-ethyl adjacent to an activating group) is 1. The molecule has 2 aliphatic rings. The van der Waals surface area contributed by atoms with E-state index >= 15 is 0 Å². The van der Waals surface area contributed by atoms with Crippen molar-refractivity contribution < 1.29 is 44.5 Å². The average Bonchev–Trinajstić information content (AvgIpc) is 2.96. The van der Waals surface area contributed by atoms with Gasteiger partial charge in [0.05, 0.1) is 24.2 Å². The van der Waals surface area contributed by atoms with E-state index in [1.54, 1.807) is 27.8 Å². The van der Waals surface area contributed by atoms with Crippen LogP contribution >= 0.6 is 0 Å². The van der Waals surface area contributed by atoms with Crippen LogP contribution in [0.3, 0.4) is 0 Å². The summed E-state index contributed by atoms with van der Waals surface area (Å²) in [5.41, 5.74) is -1.19. The first-order chi connectivity index (χ1) is 20.0. The summed E-state index contributed by atoms with van der Waals surface area (Å²) in [5, 5.41) is 57.5. The Bertz CT molecular complexity index is 984. The van der Waals surface area contributed by atoms with Crippen molar-refractivity contribution in [1.82, 2.24) is 4.90 Å². The van der Waals surface area contributed by atoms with E-state index in [2.05, 4.69) is 10.9 Å². The summed E-state index contributed by atoms with van der Waals surface area (Å²) in [5.74, 6) is -3.24. The summed E-state index contributed by atoms with van der Waals surface area (Å²) in [7, 11) is 3.46. The molecule has 43 heavy (non-hydrogen) atoms. The first-order valence-corrected chi connectivity index (χ1v) is 15.6. The maximum absolute atomic E-state index is 13.3. The van der Waals surface area contributed by atoms with Gasteiger partial charge in [-0.1, -0.05) is 27.7 Å². The molecule has 13 atom stereocenters. The molecule has 0 spiro atoms. The van der Waals surface area contributed by atoms with Crippen molar-refractivity contribution in [3.63, 3.8) is 0 Å². The fraction of sp³-hybridized carbons (Fsp3) is 0.875. The van der Waals surface area contributed by atoms with Crippen molar-refractivity contribution in [3.05, 3.63) is 0 Å². The van der Waals surface area contributed by atoms with Gasteiger partial charge < -0.3 is 39.7 Å². The second kappa shape index (κ2) is 15.6. The molecule has 2 heterocycles. The Morgan fingerprint density at radius 3 is 2.30 bits per heavy atom. The van der Waals surface area contributed by atoms with Crippen LogP contribution in [0.4, 0.5) is 0 Å². The predicted octanol–water partition coefficient (Wildman–Crippen LogP) is 1.71. The lowest BCUT2D eigenvalue weighted by molar-refractivity contribution is -0.361. The number of terminal acetylenes is 1. The first kappa shape index (κ1) is 37.6. The molecule has 11 heteroatoms. The van der Waals surface area contributed by atoms with Crippen molar-refractivity contribution in [2.45, 2.75) is 135 Å². The Labute approximate surface area is 257 Å². The number of aliphatic hydroxyl groups excluding tert-OH is 3. The first-order valence-electron chi connectivity index (χ1n) is 15.6. The number of aliphatic imine (C=N–C) groups is 1. The van der Waals surface area contributed by atoms with Gasteiger partial charge in [0, 0.05) is 50.0 Å². The van der Waals surface area contributed by atoms with E-state index in [4.69, 9.17) is 20.6 Å². The highest BCUT2D eigenvalue weighted by molar-refractivity contribution is 5.89. The molecule has 2 aliphatic heterocycles. The lowest BCUT2D eigenvalue weighted by Gasteiger charge is -2.47. The largest absolute Gasteiger partial charge is 0.459 e. The molecule has 5 N–H and O–H groups in total. The van der Waals surface area contributed by atoms with Gasteiger partial charge in [-0.3, -0.25) is 14.7 Å². The Balaban J connectivity index is 2.51. The molecule has 2 rings (SSSR count). The Morgan fingerprint density at radius 1 is 1.12 bits per heavy atom. The maximum atomic E-state index is 13.3. The fourth-order valence-corrected chi connectivity index (χ4v) is 6.57. The number of carbonyl (C=O) groups excluding carboxylic acids is 1. The van der Waals surface area contributed by atoms with Crippen LogP contribution in [0, 0.1) is 36.0 Å². The number of carbonyl (C=O) groups is 1. The van der Waals surface area contributed by atoms with E-state index < -0.39 is 65.8 Å². The number of hydrogen-bond acceptors (Lipinski definition) is 11. The molecule has 0 radical (unpaired) electrons. The van der Waals surface area contributed by atoms with E-state index in [-0.39, 0.29) is 30.9 Å². The number of esters is 1. The minimum Gasteiger partial charge on any atom is -0.459 e. The zero-order valence-electron chi connectivity index (χ0n) is 27.4. The van der Waals surface area contributed by atoms with Crippen molar-refractivity contribution in [1.29, 1.82) is 0 Å². The lowest BCUT2D eigenvalue weighted by Crippen LogP contribution is -2.59. The van der Waals surface area contributed by atoms with Crippen LogP contribution < -0.4 is 0 Å². The topological polar surface area (TPSA) is 162 Å². The third-order valence-electron chi connectivity index (χ3n) is 9.73. The molecule has 2 fully saturated rings. The summed E-state index contributed by atoms with van der Waals surface area (Å²) >= 11 is 0. The van der Waals surface area contributed by atoms with Crippen LogP contribution in [0.15, 0.2) is 4.99 Å². The molecule has 2 saturated heterocycles. The smallest absolute Gasteiger partial charge is 0.311 e. The van der Waals surface area contributed by atoms with Crippen LogP contribution in [-0.4, -0.2) is 117 Å². The third kappa shape index (κ3) is 8.56. The molecule has 0 saturated carbocycles. The van der Waals surface area contributed by atoms with Crippen LogP contribution in [0.5, 0.6) is 0 Å². The van der Waals surface area contributed by atoms with Gasteiger partial charge in [0.15, 0.2) is 12.1 Å². The van der Waals surface area contributed by atoms with E-state index in [9.17, 15) is 30.3 Å². The Hall–Kier alpha value is -1.62. The second-order valence-electron chi connectivity index (χ2n) is 13.0. The number of ether oxygens (including phenoxy) is 3. The van der Waals surface area contributed by atoms with Gasteiger partial charge in [-0.05, 0) is 53.0 Å². The number of aliphatic hydroxyl groups is 5. The van der Waals surface area contributed by atoms with E-state index in [0.29, 0.717) is 31.5 Å². The van der Waals surface area contributed by atoms with Gasteiger partial charge in [-0.25, -0.2) is 0 Å². The molecule has 0 bridgehead atoms. The number of hydrogen-bond donors (Lipinski definition) is 5. The van der Waals surface area contributed by atoms with Crippen molar-refractivity contribution in [3.8, 4) is 12.3 Å². The summed E-state index contributed by atoms with van der Waals surface area (Å²) < 4.78 is 17.9. The van der Waals surface area contributed by atoms with E-state index in [1.165, 1.54) is 13.8 Å². The second-order valence-corrected chi connectivity index (χ2v) is 13.0. The molecular weight excluding hydrogens is 556 g/mol. The third-order valence-corrected chi connectivity index (χ3v) is 9.73. The predicted molar refractivity (Wildman–Crippen MR) is 163 cm³/mol. The zero-order valence-corrected chi connectivity index (χ0v) is 27.4. The van der Waals surface area contributed by atoms with Crippen molar-refractivity contribution in [2.75, 3.05) is 20.6 Å². The molecule has 0 aromatic heterocycles. The maximum Gasteiger partial charge on any atom is 0.311 e. The fourth-order valence-electron chi connectivity index (χ4n) is 6.57.